The fourth-order valence-corrected chi connectivity index (χ4v) is 2.63. The average molecular weight is 284 g/mol. The monoisotopic (exact) mass is 284 g/mol. The molecule has 19 heavy (non-hydrogen) atoms. The molecule has 0 saturated carbocycles. The number of aromatic nitrogens is 1. The molecule has 0 aliphatic heterocycles. The second-order valence-electron chi connectivity index (χ2n) is 4.70. The van der Waals surface area contributed by atoms with Gasteiger partial charge in [0.1, 0.15) is 4.88 Å². The Morgan fingerprint density at radius 1 is 1.32 bits per heavy atom. The minimum atomic E-state index is -0.982. The largest absolute Gasteiger partial charge is 0.477 e. The van der Waals surface area contributed by atoms with E-state index < -0.39 is 5.97 Å². The normalized spacial score (nSPS) is 11.1. The summed E-state index contributed by atoms with van der Waals surface area (Å²) in [5.41, 5.74) is 0.585. The first kappa shape index (κ1) is 15.6. The number of nitrogens with one attached hydrogen (secondary N) is 1. The second kappa shape index (κ2) is 6.65. The zero-order chi connectivity index (χ0) is 14.6. The van der Waals surface area contributed by atoms with Gasteiger partial charge in [0.05, 0.1) is 5.69 Å². The minimum Gasteiger partial charge on any atom is -0.477 e. The first-order valence-corrected chi connectivity index (χ1v) is 7.27. The van der Waals surface area contributed by atoms with Gasteiger partial charge in [-0.25, -0.2) is 9.78 Å². The van der Waals surface area contributed by atoms with Gasteiger partial charge in [-0.05, 0) is 12.8 Å². The third-order valence-electron chi connectivity index (χ3n) is 2.97. The Kier molecular flexibility index (Phi) is 5.47. The second-order valence-corrected chi connectivity index (χ2v) is 5.69. The molecule has 0 spiro atoms. The number of nitrogens with zero attached hydrogens (tertiary/aromatic N) is 1. The molecule has 0 saturated heterocycles. The number of thiazole rings is 1. The van der Waals surface area contributed by atoms with Crippen LogP contribution in [0.3, 0.4) is 0 Å². The Labute approximate surface area is 117 Å². The van der Waals surface area contributed by atoms with E-state index in [0.29, 0.717) is 10.8 Å². The van der Waals surface area contributed by atoms with Crippen LogP contribution in [0.25, 0.3) is 0 Å². The predicted molar refractivity (Wildman–Crippen MR) is 75.9 cm³/mol. The zero-order valence-corrected chi connectivity index (χ0v) is 12.5. The van der Waals surface area contributed by atoms with Gasteiger partial charge in [0.25, 0.3) is 0 Å². The van der Waals surface area contributed by atoms with Crippen molar-refractivity contribution >= 4 is 28.3 Å². The highest BCUT2D eigenvalue weighted by atomic mass is 32.1. The topological polar surface area (TPSA) is 79.3 Å². The van der Waals surface area contributed by atoms with Crippen LogP contribution in [0.4, 0.5) is 5.13 Å². The molecule has 0 bridgehead atoms. The van der Waals surface area contributed by atoms with Crippen LogP contribution in [0.5, 0.6) is 0 Å². The quantitative estimate of drug-likeness (QED) is 0.839. The van der Waals surface area contributed by atoms with Crippen LogP contribution in [0.1, 0.15) is 61.8 Å². The van der Waals surface area contributed by atoms with Crippen molar-refractivity contribution in [2.75, 3.05) is 5.32 Å². The Morgan fingerprint density at radius 2 is 1.89 bits per heavy atom. The van der Waals surface area contributed by atoms with Gasteiger partial charge in [0, 0.05) is 11.8 Å². The molecule has 0 radical (unpaired) electrons. The van der Waals surface area contributed by atoms with E-state index in [-0.39, 0.29) is 22.6 Å². The lowest BCUT2D eigenvalue weighted by molar-refractivity contribution is -0.118. The molecule has 0 aliphatic carbocycles. The van der Waals surface area contributed by atoms with E-state index in [2.05, 4.69) is 10.3 Å². The van der Waals surface area contributed by atoms with Crippen LogP contribution in [0, 0.1) is 5.92 Å². The van der Waals surface area contributed by atoms with Gasteiger partial charge < -0.3 is 10.4 Å². The molecule has 1 aromatic heterocycles. The smallest absolute Gasteiger partial charge is 0.347 e. The third-order valence-corrected chi connectivity index (χ3v) is 3.95. The first-order chi connectivity index (χ1) is 8.90. The molecule has 0 fully saturated rings. The summed E-state index contributed by atoms with van der Waals surface area (Å²) in [5, 5.41) is 12.3. The Morgan fingerprint density at radius 3 is 2.32 bits per heavy atom. The molecule has 0 atom stereocenters. The van der Waals surface area contributed by atoms with Gasteiger partial charge in [0.2, 0.25) is 5.91 Å². The van der Waals surface area contributed by atoms with Crippen molar-refractivity contribution in [1.82, 2.24) is 4.98 Å². The van der Waals surface area contributed by atoms with Gasteiger partial charge in [-0.1, -0.05) is 39.0 Å². The molecule has 6 heteroatoms. The molecule has 1 aromatic rings. The van der Waals surface area contributed by atoms with Crippen molar-refractivity contribution in [3.63, 3.8) is 0 Å². The minimum absolute atomic E-state index is 0.118. The fraction of sp³-hybridized carbons (Fsp3) is 0.615. The number of amides is 1. The van der Waals surface area contributed by atoms with E-state index in [4.69, 9.17) is 0 Å². The molecular weight excluding hydrogens is 264 g/mol. The summed E-state index contributed by atoms with van der Waals surface area (Å²) in [6, 6.07) is 0. The number of aromatic carboxylic acids is 1. The highest BCUT2D eigenvalue weighted by Gasteiger charge is 2.23. The maximum Gasteiger partial charge on any atom is 0.347 e. The summed E-state index contributed by atoms with van der Waals surface area (Å²) in [6.07, 6.45) is 1.66. The van der Waals surface area contributed by atoms with Crippen molar-refractivity contribution in [2.45, 2.75) is 46.5 Å². The molecule has 0 unspecified atom stereocenters. The number of carboxylic acid groups (broad SMARTS) is 1. The van der Waals surface area contributed by atoms with Crippen molar-refractivity contribution < 1.29 is 14.7 Å². The van der Waals surface area contributed by atoms with E-state index in [0.717, 1.165) is 24.2 Å². The first-order valence-electron chi connectivity index (χ1n) is 6.45. The highest BCUT2D eigenvalue weighted by Crippen LogP contribution is 2.32. The predicted octanol–water partition coefficient (Wildman–Crippen LogP) is 3.34. The van der Waals surface area contributed by atoms with Crippen LogP contribution in [0.2, 0.25) is 0 Å². The summed E-state index contributed by atoms with van der Waals surface area (Å²) in [4.78, 5) is 27.4. The number of anilines is 1. The van der Waals surface area contributed by atoms with Crippen LogP contribution < -0.4 is 5.32 Å². The van der Waals surface area contributed by atoms with E-state index in [1.54, 1.807) is 13.8 Å². The van der Waals surface area contributed by atoms with E-state index >= 15 is 0 Å². The highest BCUT2D eigenvalue weighted by molar-refractivity contribution is 7.17. The lowest BCUT2D eigenvalue weighted by Crippen LogP contribution is -2.17. The number of carbonyl (C=O) groups is 2. The fourth-order valence-electron chi connectivity index (χ4n) is 1.74. The van der Waals surface area contributed by atoms with Gasteiger partial charge >= 0.3 is 5.97 Å². The van der Waals surface area contributed by atoms with Gasteiger partial charge in [0.15, 0.2) is 5.13 Å². The van der Waals surface area contributed by atoms with Crippen molar-refractivity contribution in [2.24, 2.45) is 5.92 Å². The summed E-state index contributed by atoms with van der Waals surface area (Å²) in [6.45, 7) is 7.57. The average Bonchev–Trinajstić information content (AvgIpc) is 2.74. The molecule has 106 valence electrons. The van der Waals surface area contributed by atoms with Crippen LogP contribution in [0.15, 0.2) is 0 Å². The summed E-state index contributed by atoms with van der Waals surface area (Å²) in [7, 11) is 0. The summed E-state index contributed by atoms with van der Waals surface area (Å²) < 4.78 is 0. The summed E-state index contributed by atoms with van der Waals surface area (Å²) in [5.74, 6) is -1.17. The third kappa shape index (κ3) is 3.76. The molecule has 1 heterocycles. The van der Waals surface area contributed by atoms with Crippen molar-refractivity contribution in [1.29, 1.82) is 0 Å². The number of carbonyl (C=O) groups excluding carboxylic acids is 1. The maximum absolute atomic E-state index is 11.6. The Bertz CT molecular complexity index is 464. The van der Waals surface area contributed by atoms with Gasteiger partial charge in [-0.15, -0.1) is 0 Å². The SMILES string of the molecule is CCC(CC)c1nc(NC(=O)C(C)C)sc1C(=O)O. The molecule has 2 N–H and O–H groups in total. The molecule has 0 aromatic carbocycles. The van der Waals surface area contributed by atoms with E-state index in [1.165, 1.54) is 0 Å². The maximum atomic E-state index is 11.6. The van der Waals surface area contributed by atoms with Crippen LogP contribution in [-0.4, -0.2) is 22.0 Å². The lowest BCUT2D eigenvalue weighted by atomic mass is 9.98. The molecule has 5 nitrogen and oxygen atoms in total. The number of rotatable bonds is 6. The Balaban J connectivity index is 3.07. The molecule has 1 amide bonds. The van der Waals surface area contributed by atoms with E-state index in [9.17, 15) is 14.7 Å². The van der Waals surface area contributed by atoms with E-state index in [1.807, 2.05) is 13.8 Å². The standard InChI is InChI=1S/C13H20N2O3S/c1-5-8(6-2)9-10(12(17)18)19-13(14-9)15-11(16)7(3)4/h7-8H,5-6H2,1-4H3,(H,17,18)(H,14,15,16). The van der Waals surface area contributed by atoms with Gasteiger partial charge in [-0.3, -0.25) is 4.79 Å². The van der Waals surface area contributed by atoms with Crippen LogP contribution >= 0.6 is 11.3 Å². The van der Waals surface area contributed by atoms with Crippen molar-refractivity contribution in [3.8, 4) is 0 Å². The van der Waals surface area contributed by atoms with Gasteiger partial charge in [-0.2, -0.15) is 0 Å². The molecule has 1 rings (SSSR count). The number of carboxylic acids is 1. The number of hydrogen-bond donors (Lipinski definition) is 2. The van der Waals surface area contributed by atoms with Crippen LogP contribution in [-0.2, 0) is 4.79 Å². The molecule has 0 aliphatic rings. The van der Waals surface area contributed by atoms with Crippen molar-refractivity contribution in [3.05, 3.63) is 10.6 Å². The summed E-state index contributed by atoms with van der Waals surface area (Å²) >= 11 is 1.03. The molecular formula is C13H20N2O3S. The lowest BCUT2D eigenvalue weighted by Gasteiger charge is -2.09. The number of hydrogen-bond acceptors (Lipinski definition) is 4. The Hall–Kier alpha value is -1.43. The zero-order valence-electron chi connectivity index (χ0n) is 11.7.